The van der Waals surface area contributed by atoms with Gasteiger partial charge in [-0.05, 0) is 11.1 Å². The Morgan fingerprint density at radius 2 is 0.677 bits per heavy atom. The van der Waals surface area contributed by atoms with Crippen molar-refractivity contribution in [2.75, 3.05) is 19.0 Å². The molecule has 0 bridgehead atoms. The molecule has 0 fully saturated rings. The monoisotopic (exact) mass is 423 g/mol. The maximum Gasteiger partial charge on any atom is 0.0520 e. The van der Waals surface area contributed by atoms with E-state index in [-0.39, 0.29) is 0 Å². The third-order valence-corrected chi connectivity index (χ3v) is 3.65. The number of rotatable bonds is 3. The molecule has 174 valence electrons. The molecule has 0 aromatic heterocycles. The predicted octanol–water partition coefficient (Wildman–Crippen LogP) is 10.2. The minimum absolute atomic E-state index is 1.25. The average molecular weight is 424 g/mol. The summed E-state index contributed by atoms with van der Waals surface area (Å²) in [7, 11) is 4.21. The molecule has 0 atom stereocenters. The van der Waals surface area contributed by atoms with Gasteiger partial charge in [-0.1, -0.05) is 148 Å². The van der Waals surface area contributed by atoms with E-state index in [0.717, 1.165) is 0 Å². The molecule has 0 unspecified atom stereocenters. The molecule has 3 aromatic rings. The van der Waals surface area contributed by atoms with Crippen molar-refractivity contribution in [2.24, 2.45) is 0 Å². The summed E-state index contributed by atoms with van der Waals surface area (Å²) >= 11 is 0. The van der Waals surface area contributed by atoms with E-state index in [9.17, 15) is 0 Å². The fourth-order valence-electron chi connectivity index (χ4n) is 2.73. The lowest BCUT2D eigenvalue weighted by Crippen LogP contribution is -2.11. The van der Waals surface area contributed by atoms with Gasteiger partial charge in [0.1, 0.15) is 0 Å². The fraction of sp³-hybridized carbons (Fsp3) is 0.400. The van der Waals surface area contributed by atoms with Gasteiger partial charge >= 0.3 is 0 Å². The zero-order valence-electron chi connectivity index (χ0n) is 22.5. The van der Waals surface area contributed by atoms with Crippen molar-refractivity contribution in [1.29, 1.82) is 0 Å². The van der Waals surface area contributed by atoms with Crippen LogP contribution in [0.1, 0.15) is 69.2 Å². The highest BCUT2D eigenvalue weighted by molar-refractivity contribution is 5.90. The van der Waals surface area contributed by atoms with E-state index in [0.29, 0.717) is 0 Å². The second-order valence-corrected chi connectivity index (χ2v) is 5.33. The van der Waals surface area contributed by atoms with Gasteiger partial charge in [0.2, 0.25) is 0 Å². The Morgan fingerprint density at radius 1 is 0.387 bits per heavy atom. The molecular weight excluding hydrogens is 374 g/mol. The van der Waals surface area contributed by atoms with Crippen LogP contribution in [0.25, 0.3) is 22.3 Å². The van der Waals surface area contributed by atoms with E-state index in [4.69, 9.17) is 0 Å². The molecule has 0 radical (unpaired) electrons. The maximum atomic E-state index is 2.20. The average Bonchev–Trinajstić information content (AvgIpc) is 2.90. The molecule has 1 heteroatoms. The van der Waals surface area contributed by atoms with Crippen LogP contribution in [0.2, 0.25) is 0 Å². The van der Waals surface area contributed by atoms with Crippen LogP contribution in [0.15, 0.2) is 78.9 Å². The Kier molecular flexibility index (Phi) is 25.3. The molecule has 0 spiro atoms. The van der Waals surface area contributed by atoms with E-state index in [2.05, 4.69) is 97.9 Å². The van der Waals surface area contributed by atoms with Crippen molar-refractivity contribution in [3.63, 3.8) is 0 Å². The molecule has 0 N–H and O–H groups in total. The fourth-order valence-corrected chi connectivity index (χ4v) is 2.73. The molecule has 3 aromatic carbocycles. The second-order valence-electron chi connectivity index (χ2n) is 5.33. The molecule has 0 aliphatic rings. The highest BCUT2D eigenvalue weighted by Gasteiger charge is 2.12. The predicted molar refractivity (Wildman–Crippen MR) is 148 cm³/mol. The highest BCUT2D eigenvalue weighted by Crippen LogP contribution is 2.38. The zero-order valence-corrected chi connectivity index (χ0v) is 22.5. The third kappa shape index (κ3) is 11.4. The summed E-state index contributed by atoms with van der Waals surface area (Å²) in [5, 5.41) is 0. The largest absolute Gasteiger partial charge is 0.377 e. The smallest absolute Gasteiger partial charge is 0.0520 e. The van der Waals surface area contributed by atoms with Crippen LogP contribution >= 0.6 is 0 Å². The molecule has 0 aliphatic heterocycles. The standard InChI is InChI=1S/C20H19N.5C2H6/c1-21(2)20-18(16-10-5-3-6-11-16)14-9-15-19(20)17-12-7-4-8-13-17;5*1-2/h3-15H,1-2H3;5*1-2H3. The first-order valence-corrected chi connectivity index (χ1v) is 12.2. The van der Waals surface area contributed by atoms with Gasteiger partial charge in [-0.15, -0.1) is 0 Å². The minimum Gasteiger partial charge on any atom is -0.377 e. The van der Waals surface area contributed by atoms with Crippen molar-refractivity contribution < 1.29 is 0 Å². The topological polar surface area (TPSA) is 3.24 Å². The Morgan fingerprint density at radius 3 is 0.935 bits per heavy atom. The molecule has 0 saturated heterocycles. The number of anilines is 1. The summed E-state index contributed by atoms with van der Waals surface area (Å²) in [6, 6.07) is 27.6. The van der Waals surface area contributed by atoms with Crippen molar-refractivity contribution in [1.82, 2.24) is 0 Å². The number of nitrogens with zero attached hydrogens (tertiary/aromatic N) is 1. The quantitative estimate of drug-likeness (QED) is 0.405. The van der Waals surface area contributed by atoms with Crippen LogP contribution in [0.3, 0.4) is 0 Å². The van der Waals surface area contributed by atoms with E-state index in [1.807, 2.05) is 69.2 Å². The summed E-state index contributed by atoms with van der Waals surface area (Å²) < 4.78 is 0. The minimum atomic E-state index is 1.25. The van der Waals surface area contributed by atoms with Gasteiger partial charge in [-0.25, -0.2) is 0 Å². The number of hydrogen-bond donors (Lipinski definition) is 0. The van der Waals surface area contributed by atoms with Gasteiger partial charge in [0.05, 0.1) is 5.69 Å². The van der Waals surface area contributed by atoms with Crippen molar-refractivity contribution >= 4 is 5.69 Å². The first-order chi connectivity index (χ1) is 15.3. The maximum absolute atomic E-state index is 2.20. The lowest BCUT2D eigenvalue weighted by atomic mass is 9.95. The number of para-hydroxylation sites is 1. The van der Waals surface area contributed by atoms with Gasteiger partial charge in [0, 0.05) is 25.2 Å². The Labute approximate surface area is 195 Å². The number of hydrogen-bond acceptors (Lipinski definition) is 1. The van der Waals surface area contributed by atoms with Crippen molar-refractivity contribution in [3.8, 4) is 22.3 Å². The van der Waals surface area contributed by atoms with Gasteiger partial charge < -0.3 is 4.90 Å². The van der Waals surface area contributed by atoms with Crippen LogP contribution in [-0.2, 0) is 0 Å². The Bertz CT molecular complexity index is 658. The Hall–Kier alpha value is -2.54. The molecule has 1 nitrogen and oxygen atoms in total. The summed E-state index contributed by atoms with van der Waals surface area (Å²) in [6.45, 7) is 20.0. The SMILES string of the molecule is CC.CC.CC.CC.CC.CN(C)c1c(-c2ccccc2)cccc1-c1ccccc1. The summed E-state index contributed by atoms with van der Waals surface area (Å²) in [4.78, 5) is 2.20. The molecule has 0 saturated carbocycles. The highest BCUT2D eigenvalue weighted by atomic mass is 15.1. The van der Waals surface area contributed by atoms with E-state index < -0.39 is 0 Å². The van der Waals surface area contributed by atoms with E-state index in [1.165, 1.54) is 27.9 Å². The van der Waals surface area contributed by atoms with Crippen molar-refractivity contribution in [3.05, 3.63) is 78.9 Å². The summed E-state index contributed by atoms with van der Waals surface area (Å²) in [5.74, 6) is 0. The van der Waals surface area contributed by atoms with Crippen molar-refractivity contribution in [2.45, 2.75) is 69.2 Å². The lowest BCUT2D eigenvalue weighted by Gasteiger charge is -2.22. The van der Waals surface area contributed by atoms with Crippen LogP contribution < -0.4 is 4.90 Å². The molecule has 31 heavy (non-hydrogen) atoms. The Balaban J connectivity index is -0.000000692. The van der Waals surface area contributed by atoms with Crippen LogP contribution in [0.4, 0.5) is 5.69 Å². The lowest BCUT2D eigenvalue weighted by molar-refractivity contribution is 1.13. The van der Waals surface area contributed by atoms with E-state index in [1.54, 1.807) is 0 Å². The number of benzene rings is 3. The normalized spacial score (nSPS) is 8.00. The van der Waals surface area contributed by atoms with Gasteiger partial charge in [0.15, 0.2) is 0 Å². The first kappa shape index (κ1) is 33.1. The molecular formula is C30H49N. The van der Waals surface area contributed by atoms with Gasteiger partial charge in [-0.3, -0.25) is 0 Å². The van der Waals surface area contributed by atoms with Crippen LogP contribution in [0.5, 0.6) is 0 Å². The zero-order chi connectivity index (χ0) is 24.7. The van der Waals surface area contributed by atoms with Crippen LogP contribution in [-0.4, -0.2) is 14.1 Å². The third-order valence-electron chi connectivity index (χ3n) is 3.65. The molecule has 3 rings (SSSR count). The summed E-state index contributed by atoms with van der Waals surface area (Å²) in [6.07, 6.45) is 0. The molecule has 0 heterocycles. The first-order valence-electron chi connectivity index (χ1n) is 12.2. The van der Waals surface area contributed by atoms with Crippen LogP contribution in [0, 0.1) is 0 Å². The van der Waals surface area contributed by atoms with Gasteiger partial charge in [0.25, 0.3) is 0 Å². The molecule has 0 aliphatic carbocycles. The second kappa shape index (κ2) is 23.7. The molecule has 0 amide bonds. The van der Waals surface area contributed by atoms with Gasteiger partial charge in [-0.2, -0.15) is 0 Å². The van der Waals surface area contributed by atoms with E-state index >= 15 is 0 Å². The summed E-state index contributed by atoms with van der Waals surface area (Å²) in [5.41, 5.74) is 6.29.